The minimum absolute atomic E-state index is 0.0149. The molecule has 0 spiro atoms. The van der Waals surface area contributed by atoms with Crippen LogP contribution in [-0.4, -0.2) is 41.7 Å². The molecule has 9 heteroatoms. The second-order valence-electron chi connectivity index (χ2n) is 5.43. The zero-order valence-electron chi connectivity index (χ0n) is 12.7. The molecule has 24 heavy (non-hydrogen) atoms. The summed E-state index contributed by atoms with van der Waals surface area (Å²) in [5.41, 5.74) is 0.370. The fourth-order valence-electron chi connectivity index (χ4n) is 2.50. The number of urea groups is 1. The third-order valence-corrected chi connectivity index (χ3v) is 3.71. The van der Waals surface area contributed by atoms with Gasteiger partial charge in [0, 0.05) is 19.6 Å². The number of likely N-dealkylation sites (tertiary alicyclic amines) is 1. The number of carbonyl (C=O) groups is 2. The maximum atomic E-state index is 13.6. The molecule has 6 nitrogen and oxygen atoms in total. The molecular formula is C15H17F3N2O4. The highest BCUT2D eigenvalue weighted by molar-refractivity contribution is 5.76. The molecule has 0 bridgehead atoms. The Balaban J connectivity index is 1.89. The number of carboxylic acids is 1. The Hall–Kier alpha value is -2.45. The Morgan fingerprint density at radius 2 is 2.17 bits per heavy atom. The van der Waals surface area contributed by atoms with E-state index in [1.165, 1.54) is 11.0 Å². The van der Waals surface area contributed by atoms with E-state index >= 15 is 0 Å². The highest BCUT2D eigenvalue weighted by Crippen LogP contribution is 2.21. The molecule has 0 aromatic heterocycles. The number of amides is 2. The minimum Gasteiger partial charge on any atom is -0.481 e. The van der Waals surface area contributed by atoms with Gasteiger partial charge in [-0.05, 0) is 30.5 Å². The third-order valence-electron chi connectivity index (χ3n) is 3.71. The number of carboxylic acid groups (broad SMARTS) is 1. The standard InChI is InChI=1S/C15H17F3N2O4/c16-11-6-9(3-4-12(11)24-14(17)18)7-19-15(23)20-5-1-2-10(8-20)13(21)22/h3-4,6,10,14H,1-2,5,7-8H2,(H,19,23)(H,21,22). The van der Waals surface area contributed by atoms with Gasteiger partial charge in [-0.25, -0.2) is 9.18 Å². The molecule has 1 aromatic rings. The molecule has 1 atom stereocenters. The molecule has 1 fully saturated rings. The molecule has 2 rings (SSSR count). The van der Waals surface area contributed by atoms with Crippen LogP contribution in [0.3, 0.4) is 0 Å². The normalized spacial score (nSPS) is 17.7. The Morgan fingerprint density at radius 1 is 1.42 bits per heavy atom. The van der Waals surface area contributed by atoms with Gasteiger partial charge in [0.05, 0.1) is 5.92 Å². The van der Waals surface area contributed by atoms with Gasteiger partial charge in [-0.3, -0.25) is 4.79 Å². The van der Waals surface area contributed by atoms with E-state index in [-0.39, 0.29) is 13.1 Å². The lowest BCUT2D eigenvalue weighted by Gasteiger charge is -2.30. The van der Waals surface area contributed by atoms with E-state index in [0.717, 1.165) is 12.1 Å². The van der Waals surface area contributed by atoms with Gasteiger partial charge in [0.15, 0.2) is 11.6 Å². The number of carbonyl (C=O) groups excluding carboxylic acids is 1. The van der Waals surface area contributed by atoms with Crippen molar-refractivity contribution in [3.8, 4) is 5.75 Å². The van der Waals surface area contributed by atoms with Gasteiger partial charge in [-0.1, -0.05) is 6.07 Å². The van der Waals surface area contributed by atoms with Gasteiger partial charge in [0.2, 0.25) is 0 Å². The first-order chi connectivity index (χ1) is 11.4. The van der Waals surface area contributed by atoms with Gasteiger partial charge in [-0.15, -0.1) is 0 Å². The van der Waals surface area contributed by atoms with Crippen LogP contribution in [0, 0.1) is 11.7 Å². The lowest BCUT2D eigenvalue weighted by atomic mass is 9.99. The van der Waals surface area contributed by atoms with Crippen LogP contribution in [0.15, 0.2) is 18.2 Å². The number of nitrogens with one attached hydrogen (secondary N) is 1. The summed E-state index contributed by atoms with van der Waals surface area (Å²) in [5, 5.41) is 11.6. The smallest absolute Gasteiger partial charge is 0.387 e. The highest BCUT2D eigenvalue weighted by Gasteiger charge is 2.27. The Labute approximate surface area is 136 Å². The quantitative estimate of drug-likeness (QED) is 0.858. The number of aliphatic carboxylic acids is 1. The van der Waals surface area contributed by atoms with Crippen LogP contribution in [0.2, 0.25) is 0 Å². The van der Waals surface area contributed by atoms with E-state index in [2.05, 4.69) is 10.1 Å². The molecule has 1 unspecified atom stereocenters. The predicted molar refractivity (Wildman–Crippen MR) is 77.2 cm³/mol. The molecule has 2 N–H and O–H groups in total. The van der Waals surface area contributed by atoms with Crippen molar-refractivity contribution in [2.24, 2.45) is 5.92 Å². The van der Waals surface area contributed by atoms with E-state index in [9.17, 15) is 22.8 Å². The summed E-state index contributed by atoms with van der Waals surface area (Å²) in [6.07, 6.45) is 1.12. The summed E-state index contributed by atoms with van der Waals surface area (Å²) < 4.78 is 41.7. The number of benzene rings is 1. The van der Waals surface area contributed by atoms with Gasteiger partial charge < -0.3 is 20.1 Å². The minimum atomic E-state index is -3.12. The number of alkyl halides is 2. The van der Waals surface area contributed by atoms with E-state index in [0.29, 0.717) is 24.9 Å². The van der Waals surface area contributed by atoms with Crippen molar-refractivity contribution in [1.82, 2.24) is 10.2 Å². The largest absolute Gasteiger partial charge is 0.481 e. The molecule has 1 aliphatic heterocycles. The van der Waals surface area contributed by atoms with E-state index in [1.807, 2.05) is 0 Å². The highest BCUT2D eigenvalue weighted by atomic mass is 19.3. The first kappa shape index (κ1) is 17.9. The van der Waals surface area contributed by atoms with Crippen molar-refractivity contribution >= 4 is 12.0 Å². The Bertz CT molecular complexity index is 612. The van der Waals surface area contributed by atoms with Crippen molar-refractivity contribution < 1.29 is 32.6 Å². The molecule has 0 saturated carbocycles. The van der Waals surface area contributed by atoms with Crippen molar-refractivity contribution in [3.05, 3.63) is 29.6 Å². The van der Waals surface area contributed by atoms with Crippen LogP contribution in [0.4, 0.5) is 18.0 Å². The topological polar surface area (TPSA) is 78.9 Å². The van der Waals surface area contributed by atoms with Crippen molar-refractivity contribution in [3.63, 3.8) is 0 Å². The molecule has 132 valence electrons. The number of halogens is 3. The number of hydrogen-bond acceptors (Lipinski definition) is 3. The first-order valence-corrected chi connectivity index (χ1v) is 7.35. The van der Waals surface area contributed by atoms with Crippen LogP contribution in [0.25, 0.3) is 0 Å². The zero-order chi connectivity index (χ0) is 17.7. The maximum absolute atomic E-state index is 13.6. The van der Waals surface area contributed by atoms with Crippen molar-refractivity contribution in [1.29, 1.82) is 0 Å². The van der Waals surface area contributed by atoms with Crippen molar-refractivity contribution in [2.45, 2.75) is 26.0 Å². The van der Waals surface area contributed by atoms with E-state index < -0.39 is 36.1 Å². The van der Waals surface area contributed by atoms with Crippen LogP contribution in [-0.2, 0) is 11.3 Å². The molecule has 1 heterocycles. The molecule has 2 amide bonds. The predicted octanol–water partition coefficient (Wildman–Crippen LogP) is 2.43. The molecule has 0 aliphatic carbocycles. The number of nitrogens with zero attached hydrogens (tertiary/aromatic N) is 1. The fourth-order valence-corrected chi connectivity index (χ4v) is 2.50. The van der Waals surface area contributed by atoms with Gasteiger partial charge in [0.25, 0.3) is 0 Å². The fraction of sp³-hybridized carbons (Fsp3) is 0.467. The van der Waals surface area contributed by atoms with Crippen LogP contribution < -0.4 is 10.1 Å². The van der Waals surface area contributed by atoms with Crippen molar-refractivity contribution in [2.75, 3.05) is 13.1 Å². The first-order valence-electron chi connectivity index (χ1n) is 7.35. The second-order valence-corrected chi connectivity index (χ2v) is 5.43. The molecule has 0 radical (unpaired) electrons. The summed E-state index contributed by atoms with van der Waals surface area (Å²) in [5.74, 6) is -3.05. The third kappa shape index (κ3) is 4.77. The molecule has 1 aromatic carbocycles. The molecular weight excluding hydrogens is 329 g/mol. The second kappa shape index (κ2) is 7.89. The molecule has 1 saturated heterocycles. The van der Waals surface area contributed by atoms with Crippen LogP contribution >= 0.6 is 0 Å². The SMILES string of the molecule is O=C(O)C1CCCN(C(=O)NCc2ccc(OC(F)F)c(F)c2)C1. The average Bonchev–Trinajstić information content (AvgIpc) is 2.54. The summed E-state index contributed by atoms with van der Waals surface area (Å²) in [7, 11) is 0. The van der Waals surface area contributed by atoms with Gasteiger partial charge in [-0.2, -0.15) is 8.78 Å². The van der Waals surface area contributed by atoms with Gasteiger partial charge >= 0.3 is 18.6 Å². The van der Waals surface area contributed by atoms with E-state index in [1.54, 1.807) is 0 Å². The Morgan fingerprint density at radius 3 is 2.79 bits per heavy atom. The Kier molecular flexibility index (Phi) is 5.88. The zero-order valence-corrected chi connectivity index (χ0v) is 12.7. The number of hydrogen-bond donors (Lipinski definition) is 2. The summed E-state index contributed by atoms with van der Waals surface area (Å²) in [6, 6.07) is 2.96. The maximum Gasteiger partial charge on any atom is 0.387 e. The lowest BCUT2D eigenvalue weighted by molar-refractivity contribution is -0.143. The number of ether oxygens (including phenoxy) is 1. The van der Waals surface area contributed by atoms with E-state index in [4.69, 9.17) is 5.11 Å². The van der Waals surface area contributed by atoms with Crippen LogP contribution in [0.1, 0.15) is 18.4 Å². The average molecular weight is 346 g/mol. The lowest BCUT2D eigenvalue weighted by Crippen LogP contribution is -2.46. The summed E-state index contributed by atoms with van der Waals surface area (Å²) in [4.78, 5) is 24.4. The summed E-state index contributed by atoms with van der Waals surface area (Å²) in [6.45, 7) is -2.56. The summed E-state index contributed by atoms with van der Waals surface area (Å²) >= 11 is 0. The van der Waals surface area contributed by atoms with Gasteiger partial charge in [0.1, 0.15) is 0 Å². The monoisotopic (exact) mass is 346 g/mol. The number of piperidine rings is 1. The molecule has 1 aliphatic rings. The number of rotatable bonds is 5. The van der Waals surface area contributed by atoms with Crippen LogP contribution in [0.5, 0.6) is 5.75 Å².